The minimum atomic E-state index is -0.652. The van der Waals surface area contributed by atoms with Gasteiger partial charge in [0.05, 0.1) is 0 Å². The average Bonchev–Trinajstić information content (AvgIpc) is 3.25. The van der Waals surface area contributed by atoms with Crippen molar-refractivity contribution in [2.45, 2.75) is 66.0 Å². The minimum absolute atomic E-state index is 0.00668. The van der Waals surface area contributed by atoms with Crippen molar-refractivity contribution in [3.63, 3.8) is 0 Å². The first-order chi connectivity index (χ1) is 17.7. The van der Waals surface area contributed by atoms with Gasteiger partial charge in [0.15, 0.2) is 0 Å². The van der Waals surface area contributed by atoms with Crippen LogP contribution in [0.5, 0.6) is 0 Å². The third-order valence-electron chi connectivity index (χ3n) is 5.98. The molecule has 0 bridgehead atoms. The quantitative estimate of drug-likeness (QED) is 0.447. The number of amidine groups is 1. The molecule has 1 heterocycles. The van der Waals surface area contributed by atoms with Crippen LogP contribution in [0.4, 0.5) is 4.39 Å². The Bertz CT molecular complexity index is 1340. The van der Waals surface area contributed by atoms with Gasteiger partial charge in [0.1, 0.15) is 23.0 Å². The molecule has 0 fully saturated rings. The van der Waals surface area contributed by atoms with E-state index in [-0.39, 0.29) is 23.6 Å². The van der Waals surface area contributed by atoms with Crippen molar-refractivity contribution in [2.24, 2.45) is 4.99 Å². The van der Waals surface area contributed by atoms with Crippen molar-refractivity contribution in [1.29, 1.82) is 0 Å². The number of ether oxygens (including phenoxy) is 1. The Balaban J connectivity index is 1.78. The first-order valence-corrected chi connectivity index (χ1v) is 12.5. The summed E-state index contributed by atoms with van der Waals surface area (Å²) in [5.41, 5.74) is 3.55. The maximum absolute atomic E-state index is 15.0. The molecule has 6 nitrogen and oxygen atoms in total. The molecule has 2 aromatic carbocycles. The summed E-state index contributed by atoms with van der Waals surface area (Å²) < 4.78 is 20.5. The second-order valence-electron chi connectivity index (χ2n) is 11.2. The largest absolute Gasteiger partial charge is 0.455 e. The topological polar surface area (TPSA) is 79.8 Å². The van der Waals surface area contributed by atoms with E-state index >= 15 is 4.39 Å². The molecule has 0 saturated heterocycles. The van der Waals surface area contributed by atoms with Crippen molar-refractivity contribution in [3.05, 3.63) is 101 Å². The molecule has 2 aromatic rings. The van der Waals surface area contributed by atoms with Gasteiger partial charge in [-0.15, -0.1) is 0 Å². The second-order valence-corrected chi connectivity index (χ2v) is 11.2. The number of benzene rings is 2. The number of hydrogen-bond acceptors (Lipinski definition) is 4. The summed E-state index contributed by atoms with van der Waals surface area (Å²) in [4.78, 5) is 29.4. The van der Waals surface area contributed by atoms with E-state index in [1.54, 1.807) is 51.1 Å². The lowest BCUT2D eigenvalue weighted by atomic mass is 9.87. The van der Waals surface area contributed by atoms with E-state index in [1.807, 2.05) is 19.1 Å². The van der Waals surface area contributed by atoms with Crippen LogP contribution in [0, 0.1) is 5.82 Å². The van der Waals surface area contributed by atoms with E-state index in [1.165, 1.54) is 12.3 Å². The lowest BCUT2D eigenvalue weighted by Crippen LogP contribution is -2.29. The van der Waals surface area contributed by atoms with Gasteiger partial charge in [0, 0.05) is 29.4 Å². The van der Waals surface area contributed by atoms with Crippen LogP contribution >= 0.6 is 0 Å². The number of hydrogen-bond donors (Lipinski definition) is 2. The summed E-state index contributed by atoms with van der Waals surface area (Å²) in [5.74, 6) is -0.806. The van der Waals surface area contributed by atoms with Crippen molar-refractivity contribution < 1.29 is 18.7 Å². The third-order valence-corrected chi connectivity index (χ3v) is 5.98. The highest BCUT2D eigenvalue weighted by atomic mass is 19.1. The van der Waals surface area contributed by atoms with Crippen molar-refractivity contribution in [2.75, 3.05) is 0 Å². The molecular formula is C31H36FN3O3. The van der Waals surface area contributed by atoms with Crippen LogP contribution < -0.4 is 10.6 Å². The first-order valence-electron chi connectivity index (χ1n) is 12.5. The molecule has 7 heteroatoms. The van der Waals surface area contributed by atoms with Gasteiger partial charge in [-0.05, 0) is 74.1 Å². The molecule has 0 radical (unpaired) electrons. The van der Waals surface area contributed by atoms with Gasteiger partial charge < -0.3 is 15.4 Å². The normalized spacial score (nSPS) is 16.0. The number of nitrogens with one attached hydrogen (secondary N) is 2. The van der Waals surface area contributed by atoms with E-state index in [2.05, 4.69) is 43.0 Å². The van der Waals surface area contributed by atoms with Gasteiger partial charge in [0.2, 0.25) is 0 Å². The molecule has 200 valence electrons. The Hall–Kier alpha value is -4.00. The Morgan fingerprint density at radius 1 is 1.05 bits per heavy atom. The molecule has 0 aliphatic carbocycles. The maximum Gasteiger partial charge on any atom is 0.355 e. The van der Waals surface area contributed by atoms with E-state index in [9.17, 15) is 9.59 Å². The van der Waals surface area contributed by atoms with Gasteiger partial charge in [-0.1, -0.05) is 51.6 Å². The van der Waals surface area contributed by atoms with Gasteiger partial charge in [-0.25, -0.2) is 14.2 Å². The number of carbonyl (C=O) groups excluding carboxylic acids is 2. The second kappa shape index (κ2) is 11.2. The monoisotopic (exact) mass is 517 g/mol. The molecule has 2 N–H and O–H groups in total. The highest BCUT2D eigenvalue weighted by molar-refractivity contribution is 6.15. The molecule has 0 atom stereocenters. The Morgan fingerprint density at radius 2 is 1.68 bits per heavy atom. The zero-order valence-electron chi connectivity index (χ0n) is 23.2. The van der Waals surface area contributed by atoms with Gasteiger partial charge in [0.25, 0.3) is 5.91 Å². The molecule has 38 heavy (non-hydrogen) atoms. The van der Waals surface area contributed by atoms with Crippen molar-refractivity contribution >= 4 is 23.3 Å². The van der Waals surface area contributed by atoms with Crippen LogP contribution in [-0.4, -0.2) is 23.3 Å². The van der Waals surface area contributed by atoms with E-state index in [0.717, 1.165) is 5.56 Å². The Labute approximate surface area is 224 Å². The SMILES string of the molecule is C=C/N=C1/NC(C(=O)OC(C)(C)C)=C/C1=C(/C)c1ccc(CNC(=O)c2ccc(C(C)(C)C)cc2)c(F)c1. The summed E-state index contributed by atoms with van der Waals surface area (Å²) in [5, 5.41) is 5.75. The summed E-state index contributed by atoms with van der Waals surface area (Å²) in [6.07, 6.45) is 3.01. The van der Waals surface area contributed by atoms with Gasteiger partial charge >= 0.3 is 5.97 Å². The zero-order valence-corrected chi connectivity index (χ0v) is 23.2. The number of aliphatic imine (C=N–C) groups is 1. The fraction of sp³-hybridized carbons (Fsp3) is 0.323. The molecular weight excluding hydrogens is 481 g/mol. The maximum atomic E-state index is 15.0. The van der Waals surface area contributed by atoms with E-state index in [4.69, 9.17) is 4.74 Å². The van der Waals surface area contributed by atoms with Crippen LogP contribution in [0.2, 0.25) is 0 Å². The fourth-order valence-corrected chi connectivity index (χ4v) is 3.84. The predicted octanol–water partition coefficient (Wildman–Crippen LogP) is 6.20. The summed E-state index contributed by atoms with van der Waals surface area (Å²) in [7, 11) is 0. The molecule has 1 aliphatic rings. The number of halogens is 1. The van der Waals surface area contributed by atoms with Crippen LogP contribution in [0.15, 0.2) is 77.6 Å². The molecule has 1 amide bonds. The highest BCUT2D eigenvalue weighted by Crippen LogP contribution is 2.27. The fourth-order valence-electron chi connectivity index (χ4n) is 3.84. The number of allylic oxidation sites excluding steroid dienone is 1. The third kappa shape index (κ3) is 7.06. The van der Waals surface area contributed by atoms with Crippen molar-refractivity contribution in [3.8, 4) is 0 Å². The molecule has 0 unspecified atom stereocenters. The Kier molecular flexibility index (Phi) is 8.40. The molecule has 0 aromatic heterocycles. The first kappa shape index (κ1) is 28.6. The van der Waals surface area contributed by atoms with Crippen molar-refractivity contribution in [1.82, 2.24) is 10.6 Å². The Morgan fingerprint density at radius 3 is 2.24 bits per heavy atom. The number of rotatable bonds is 6. The molecule has 3 rings (SSSR count). The number of nitrogens with zero attached hydrogens (tertiary/aromatic N) is 1. The van der Waals surface area contributed by atoms with Gasteiger partial charge in [-0.3, -0.25) is 4.79 Å². The summed E-state index contributed by atoms with van der Waals surface area (Å²) >= 11 is 0. The number of esters is 1. The average molecular weight is 518 g/mol. The summed E-state index contributed by atoms with van der Waals surface area (Å²) in [6, 6.07) is 12.3. The lowest BCUT2D eigenvalue weighted by Gasteiger charge is -2.19. The van der Waals surface area contributed by atoms with Gasteiger partial charge in [-0.2, -0.15) is 0 Å². The van der Waals surface area contributed by atoms with Crippen LogP contribution in [0.25, 0.3) is 5.57 Å². The highest BCUT2D eigenvalue weighted by Gasteiger charge is 2.27. The van der Waals surface area contributed by atoms with Crippen LogP contribution in [0.1, 0.15) is 75.5 Å². The molecule has 1 aliphatic heterocycles. The minimum Gasteiger partial charge on any atom is -0.455 e. The zero-order chi connectivity index (χ0) is 28.3. The van der Waals surface area contributed by atoms with E-state index in [0.29, 0.717) is 33.7 Å². The van der Waals surface area contributed by atoms with Crippen LogP contribution in [0.3, 0.4) is 0 Å². The molecule has 0 saturated carbocycles. The molecule has 0 spiro atoms. The number of carbonyl (C=O) groups is 2. The number of amides is 1. The lowest BCUT2D eigenvalue weighted by molar-refractivity contribution is -0.150. The predicted molar refractivity (Wildman–Crippen MR) is 150 cm³/mol. The smallest absolute Gasteiger partial charge is 0.355 e. The van der Waals surface area contributed by atoms with Crippen LogP contribution in [-0.2, 0) is 21.5 Å². The summed E-state index contributed by atoms with van der Waals surface area (Å²) in [6.45, 7) is 17.2. The van der Waals surface area contributed by atoms with E-state index < -0.39 is 17.4 Å². The standard InChI is InChI=1S/C31H36FN3O3/c1-9-33-27-24(17-26(35-27)29(37)38-31(6,7)8)19(2)21-10-11-22(25(32)16-21)18-34-28(36)20-12-14-23(15-13-20)30(3,4)5/h9-17H,1,18H2,2-8H3,(H,33,35)(H,34,36)/b24-19+.